The van der Waals surface area contributed by atoms with Crippen LogP contribution in [-0.4, -0.2) is 37.7 Å². The predicted molar refractivity (Wildman–Crippen MR) is 124 cm³/mol. The molecule has 9 heteroatoms. The van der Waals surface area contributed by atoms with Crippen LogP contribution in [0.25, 0.3) is 28.7 Å². The third-order valence-corrected chi connectivity index (χ3v) is 5.17. The van der Waals surface area contributed by atoms with Crippen LogP contribution in [0, 0.1) is 0 Å². The molecule has 0 unspecified atom stereocenters. The van der Waals surface area contributed by atoms with Gasteiger partial charge in [0.1, 0.15) is 17.8 Å². The van der Waals surface area contributed by atoms with Crippen LogP contribution in [0.1, 0.15) is 16.1 Å². The summed E-state index contributed by atoms with van der Waals surface area (Å²) < 4.78 is 12.5. The van der Waals surface area contributed by atoms with Gasteiger partial charge in [0.05, 0.1) is 12.7 Å². The molecular weight excluding hydrogens is 432 g/mol. The van der Waals surface area contributed by atoms with Gasteiger partial charge in [-0.25, -0.2) is 9.97 Å². The fourth-order valence-electron chi connectivity index (χ4n) is 3.48. The third-order valence-electron chi connectivity index (χ3n) is 5.17. The van der Waals surface area contributed by atoms with Gasteiger partial charge in [0.25, 0.3) is 11.8 Å². The standard InChI is InChI=1S/C25H20N6O3/c1-33-21-12-6-5-10-18(21)14-27-24(32)20-15-31(16-28-20)23-19(11-7-13-26-23)25-29-22(30-34-25)17-8-3-2-4-9-17/h2-13,15-16H,14H2,1H3,(H,27,32). The molecule has 1 N–H and O–H groups in total. The van der Waals surface area contributed by atoms with Gasteiger partial charge in [0.2, 0.25) is 5.82 Å². The van der Waals surface area contributed by atoms with Crippen LogP contribution >= 0.6 is 0 Å². The maximum atomic E-state index is 12.7. The lowest BCUT2D eigenvalue weighted by Crippen LogP contribution is -2.23. The number of carbonyl (C=O) groups is 1. The van der Waals surface area contributed by atoms with Crippen molar-refractivity contribution in [2.75, 3.05) is 7.11 Å². The summed E-state index contributed by atoms with van der Waals surface area (Å²) in [6.45, 7) is 0.314. The van der Waals surface area contributed by atoms with E-state index >= 15 is 0 Å². The van der Waals surface area contributed by atoms with Crippen molar-refractivity contribution in [2.45, 2.75) is 6.54 Å². The Morgan fingerprint density at radius 3 is 2.71 bits per heavy atom. The molecule has 5 rings (SSSR count). The van der Waals surface area contributed by atoms with Gasteiger partial charge in [-0.3, -0.25) is 9.36 Å². The Labute approximate surface area is 195 Å². The lowest BCUT2D eigenvalue weighted by molar-refractivity contribution is 0.0946. The Kier molecular flexibility index (Phi) is 5.81. The van der Waals surface area contributed by atoms with Crippen molar-refractivity contribution in [3.05, 3.63) is 96.7 Å². The molecule has 0 aliphatic heterocycles. The van der Waals surface area contributed by atoms with Crippen molar-refractivity contribution in [3.63, 3.8) is 0 Å². The molecule has 3 heterocycles. The lowest BCUT2D eigenvalue weighted by Gasteiger charge is -2.08. The van der Waals surface area contributed by atoms with Crippen molar-refractivity contribution in [2.24, 2.45) is 0 Å². The molecule has 0 radical (unpaired) electrons. The Morgan fingerprint density at radius 1 is 1.03 bits per heavy atom. The Bertz CT molecular complexity index is 1430. The number of benzene rings is 2. The quantitative estimate of drug-likeness (QED) is 0.399. The molecule has 9 nitrogen and oxygen atoms in total. The molecule has 0 spiro atoms. The number of hydrogen-bond donors (Lipinski definition) is 1. The van der Waals surface area contributed by atoms with E-state index in [1.807, 2.05) is 60.7 Å². The molecule has 0 fully saturated rings. The molecule has 0 aliphatic rings. The molecule has 1 amide bonds. The van der Waals surface area contributed by atoms with E-state index in [0.717, 1.165) is 11.1 Å². The molecule has 0 saturated carbocycles. The van der Waals surface area contributed by atoms with Crippen LogP contribution < -0.4 is 10.1 Å². The monoisotopic (exact) mass is 452 g/mol. The Balaban J connectivity index is 1.37. The van der Waals surface area contributed by atoms with Crippen LogP contribution in [0.5, 0.6) is 5.75 Å². The van der Waals surface area contributed by atoms with Gasteiger partial charge in [0, 0.05) is 30.1 Å². The van der Waals surface area contributed by atoms with Gasteiger partial charge >= 0.3 is 0 Å². The number of imidazole rings is 1. The van der Waals surface area contributed by atoms with E-state index in [1.165, 1.54) is 6.33 Å². The number of nitrogens with zero attached hydrogens (tertiary/aromatic N) is 5. The molecule has 168 valence electrons. The van der Waals surface area contributed by atoms with E-state index in [0.29, 0.717) is 35.4 Å². The molecule has 0 bridgehead atoms. The SMILES string of the molecule is COc1ccccc1CNC(=O)c1cn(-c2ncccc2-c2nc(-c3ccccc3)no2)cn1. The van der Waals surface area contributed by atoms with Crippen molar-refractivity contribution in [1.29, 1.82) is 0 Å². The highest BCUT2D eigenvalue weighted by atomic mass is 16.5. The van der Waals surface area contributed by atoms with Crippen LogP contribution in [0.3, 0.4) is 0 Å². The van der Waals surface area contributed by atoms with E-state index < -0.39 is 0 Å². The second-order valence-electron chi connectivity index (χ2n) is 7.32. The highest BCUT2D eigenvalue weighted by Gasteiger charge is 2.18. The summed E-state index contributed by atoms with van der Waals surface area (Å²) in [5, 5.41) is 6.95. The van der Waals surface area contributed by atoms with Gasteiger partial charge in [-0.05, 0) is 18.2 Å². The highest BCUT2D eigenvalue weighted by molar-refractivity contribution is 5.92. The Morgan fingerprint density at radius 2 is 1.85 bits per heavy atom. The molecule has 5 aromatic rings. The summed E-state index contributed by atoms with van der Waals surface area (Å²) in [6, 6.07) is 20.7. The zero-order valence-electron chi connectivity index (χ0n) is 18.3. The fraction of sp³-hybridized carbons (Fsp3) is 0.0800. The van der Waals surface area contributed by atoms with Gasteiger partial charge < -0.3 is 14.6 Å². The molecular formula is C25H20N6O3. The first-order valence-corrected chi connectivity index (χ1v) is 10.5. The van der Waals surface area contributed by atoms with E-state index in [2.05, 4.69) is 25.4 Å². The lowest BCUT2D eigenvalue weighted by atomic mass is 10.2. The van der Waals surface area contributed by atoms with Crippen LogP contribution in [0.4, 0.5) is 0 Å². The second-order valence-corrected chi connectivity index (χ2v) is 7.32. The van der Waals surface area contributed by atoms with Gasteiger partial charge in [0.15, 0.2) is 5.82 Å². The average molecular weight is 452 g/mol. The van der Waals surface area contributed by atoms with Crippen LogP contribution in [-0.2, 0) is 6.54 Å². The maximum absolute atomic E-state index is 12.7. The van der Waals surface area contributed by atoms with Crippen molar-refractivity contribution in [3.8, 4) is 34.4 Å². The minimum Gasteiger partial charge on any atom is -0.496 e. The van der Waals surface area contributed by atoms with E-state index in [4.69, 9.17) is 9.26 Å². The van der Waals surface area contributed by atoms with Crippen LogP contribution in [0.15, 0.2) is 90.0 Å². The second kappa shape index (κ2) is 9.37. The van der Waals surface area contributed by atoms with E-state index in [1.54, 1.807) is 30.1 Å². The van der Waals surface area contributed by atoms with Gasteiger partial charge in [-0.2, -0.15) is 4.98 Å². The predicted octanol–water partition coefficient (Wildman–Crippen LogP) is 3.92. The zero-order valence-corrected chi connectivity index (χ0v) is 18.3. The summed E-state index contributed by atoms with van der Waals surface area (Å²) in [5.41, 5.74) is 2.59. The zero-order chi connectivity index (χ0) is 23.3. The summed E-state index contributed by atoms with van der Waals surface area (Å²) >= 11 is 0. The number of pyridine rings is 1. The minimum atomic E-state index is -0.314. The number of nitrogens with one attached hydrogen (secondary N) is 1. The van der Waals surface area contributed by atoms with Crippen molar-refractivity contribution >= 4 is 5.91 Å². The number of aromatic nitrogens is 5. The van der Waals surface area contributed by atoms with Gasteiger partial charge in [-0.15, -0.1) is 0 Å². The summed E-state index contributed by atoms with van der Waals surface area (Å²) in [7, 11) is 1.60. The van der Waals surface area contributed by atoms with Gasteiger partial charge in [-0.1, -0.05) is 53.7 Å². The summed E-state index contributed by atoms with van der Waals surface area (Å²) in [5.74, 6) is 1.71. The summed E-state index contributed by atoms with van der Waals surface area (Å²) in [6.07, 6.45) is 4.78. The highest BCUT2D eigenvalue weighted by Crippen LogP contribution is 2.26. The molecule has 2 aromatic carbocycles. The topological polar surface area (TPSA) is 108 Å². The van der Waals surface area contributed by atoms with Crippen molar-refractivity contribution < 1.29 is 14.1 Å². The Hall–Kier alpha value is -4.79. The number of rotatable bonds is 7. The number of amides is 1. The molecule has 0 atom stereocenters. The average Bonchev–Trinajstić information content (AvgIpc) is 3.59. The first-order valence-electron chi connectivity index (χ1n) is 10.5. The maximum Gasteiger partial charge on any atom is 0.271 e. The first-order chi connectivity index (χ1) is 16.7. The molecule has 0 aliphatic carbocycles. The smallest absolute Gasteiger partial charge is 0.271 e. The normalized spacial score (nSPS) is 10.7. The number of carbonyl (C=O) groups excluding carboxylic acids is 1. The number of hydrogen-bond acceptors (Lipinski definition) is 7. The molecule has 0 saturated heterocycles. The molecule has 3 aromatic heterocycles. The third kappa shape index (κ3) is 4.26. The summed E-state index contributed by atoms with van der Waals surface area (Å²) in [4.78, 5) is 25.9. The molecule has 34 heavy (non-hydrogen) atoms. The fourth-order valence-corrected chi connectivity index (χ4v) is 3.48. The largest absolute Gasteiger partial charge is 0.496 e. The van der Waals surface area contributed by atoms with E-state index in [-0.39, 0.29) is 11.6 Å². The first kappa shape index (κ1) is 21.1. The van der Waals surface area contributed by atoms with Crippen molar-refractivity contribution in [1.82, 2.24) is 30.0 Å². The number of ether oxygens (including phenoxy) is 1. The van der Waals surface area contributed by atoms with Crippen LogP contribution in [0.2, 0.25) is 0 Å². The minimum absolute atomic E-state index is 0.252. The number of methoxy groups -OCH3 is 1. The number of para-hydroxylation sites is 1. The van der Waals surface area contributed by atoms with E-state index in [9.17, 15) is 4.79 Å².